The number of esters is 1. The molecule has 15 heteroatoms. The lowest BCUT2D eigenvalue weighted by molar-refractivity contribution is -0.141. The van der Waals surface area contributed by atoms with Crippen molar-refractivity contribution in [2.45, 2.75) is 58.8 Å². The zero-order chi connectivity index (χ0) is 40.4. The van der Waals surface area contributed by atoms with Gasteiger partial charge in [-0.1, -0.05) is 64.2 Å². The molecule has 0 saturated carbocycles. The number of carbonyl (C=O) groups excluding carboxylic acids is 1. The maximum atomic E-state index is 10.6. The third-order valence-electron chi connectivity index (χ3n) is 6.80. The molecule has 0 aliphatic carbocycles. The zero-order valence-corrected chi connectivity index (χ0v) is 31.6. The highest BCUT2D eigenvalue weighted by Crippen LogP contribution is 2.04. The Labute approximate surface area is 299 Å². The Bertz CT molecular complexity index is 894. The highest BCUT2D eigenvalue weighted by Gasteiger charge is 2.21. The second kappa shape index (κ2) is 36.1. The number of carbonyl (C=O) groups is 5. The second-order valence-corrected chi connectivity index (χ2v) is 10.6. The van der Waals surface area contributed by atoms with Crippen LogP contribution in [-0.2, 0) is 28.7 Å². The van der Waals surface area contributed by atoms with Gasteiger partial charge in [-0.25, -0.2) is 0 Å². The van der Waals surface area contributed by atoms with E-state index in [0.717, 1.165) is 0 Å². The molecule has 15 nitrogen and oxygen atoms in total. The van der Waals surface area contributed by atoms with E-state index in [0.29, 0.717) is 6.61 Å². The van der Waals surface area contributed by atoms with Gasteiger partial charge >= 0.3 is 29.8 Å². The number of carboxylic acids is 4. The van der Waals surface area contributed by atoms with Gasteiger partial charge in [-0.2, -0.15) is 0 Å². The molecule has 0 aliphatic heterocycles. The normalized spacial score (nSPS) is 14.7. The number of allylic oxidation sites excluding steroid dienone is 1. The molecule has 0 bridgehead atoms. The fourth-order valence-electron chi connectivity index (χ4n) is 3.42. The Morgan fingerprint density at radius 2 is 0.800 bits per heavy atom. The van der Waals surface area contributed by atoms with Crippen LogP contribution >= 0.6 is 0 Å². The van der Waals surface area contributed by atoms with E-state index >= 15 is 0 Å². The van der Waals surface area contributed by atoms with Crippen molar-refractivity contribution in [1.29, 1.82) is 0 Å². The Balaban J connectivity index is -0.000000169. The molecule has 0 rings (SSSR count). The van der Waals surface area contributed by atoms with E-state index in [1.165, 1.54) is 0 Å². The molecule has 0 radical (unpaired) electrons. The van der Waals surface area contributed by atoms with Crippen LogP contribution in [0, 0.1) is 23.7 Å². The number of ether oxygens (including phenoxy) is 1. The summed E-state index contributed by atoms with van der Waals surface area (Å²) >= 11 is 0. The molecule has 0 aromatic carbocycles. The Hall–Kier alpha value is -4.15. The van der Waals surface area contributed by atoms with Crippen LogP contribution in [0.4, 0.5) is 0 Å². The van der Waals surface area contributed by atoms with Crippen LogP contribution in [0.2, 0.25) is 0 Å². The standard InChI is InChI=1S/5C7H13NO2/c4*1-4-5(2)6(8-3)7(9)10;1-3-4-5-10-7(9)6-8-2/h4*4-6,8H,1H2,2-3H3,(H,9,10);3-4,8H,5-6H2,1-2H3/b;;;;4-3-/t2*5-,6+;2*5-,6-;/m1010./s1. The number of rotatable bonds is 20. The number of likely N-dealkylation sites (N-methyl/N-ethyl adjacent to an activating group) is 5. The van der Waals surface area contributed by atoms with Gasteiger partial charge in [0.2, 0.25) is 0 Å². The third-order valence-corrected chi connectivity index (χ3v) is 6.80. The van der Waals surface area contributed by atoms with Crippen molar-refractivity contribution in [1.82, 2.24) is 26.6 Å². The van der Waals surface area contributed by atoms with Gasteiger partial charge in [0.15, 0.2) is 0 Å². The quantitative estimate of drug-likeness (QED) is 0.0649. The third kappa shape index (κ3) is 29.9. The van der Waals surface area contributed by atoms with E-state index in [1.807, 2.05) is 40.7 Å². The van der Waals surface area contributed by atoms with Crippen LogP contribution in [0.25, 0.3) is 0 Å². The number of hydrogen-bond acceptors (Lipinski definition) is 11. The largest absolute Gasteiger partial charge is 0.480 e. The summed E-state index contributed by atoms with van der Waals surface area (Å²) in [5.41, 5.74) is 0. The lowest BCUT2D eigenvalue weighted by Crippen LogP contribution is -2.38. The highest BCUT2D eigenvalue weighted by atomic mass is 16.5. The summed E-state index contributed by atoms with van der Waals surface area (Å²) in [6.07, 6.45) is 10.1. The molecule has 9 N–H and O–H groups in total. The average Bonchev–Trinajstić information content (AvgIpc) is 3.06. The van der Waals surface area contributed by atoms with Crippen molar-refractivity contribution in [3.8, 4) is 0 Å². The van der Waals surface area contributed by atoms with Gasteiger partial charge in [0, 0.05) is 0 Å². The van der Waals surface area contributed by atoms with E-state index in [9.17, 15) is 24.0 Å². The molecule has 290 valence electrons. The predicted octanol–water partition coefficient (Wildman–Crippen LogP) is 2.25. The number of aliphatic carboxylic acids is 4. The van der Waals surface area contributed by atoms with Gasteiger partial charge in [-0.3, -0.25) is 24.0 Å². The Morgan fingerprint density at radius 3 is 0.920 bits per heavy atom. The van der Waals surface area contributed by atoms with E-state index in [2.05, 4.69) is 52.9 Å². The highest BCUT2D eigenvalue weighted by molar-refractivity contribution is 5.75. The van der Waals surface area contributed by atoms with Gasteiger partial charge in [0.05, 0.1) is 6.54 Å². The molecule has 8 atom stereocenters. The van der Waals surface area contributed by atoms with Gasteiger partial charge in [0.1, 0.15) is 30.8 Å². The minimum absolute atomic E-state index is 0.0394. The summed E-state index contributed by atoms with van der Waals surface area (Å²) in [5.74, 6) is -3.73. The van der Waals surface area contributed by atoms with Crippen molar-refractivity contribution < 1.29 is 49.1 Å². The summed E-state index contributed by atoms with van der Waals surface area (Å²) < 4.78 is 4.73. The fourth-order valence-corrected chi connectivity index (χ4v) is 3.42. The minimum Gasteiger partial charge on any atom is -0.480 e. The van der Waals surface area contributed by atoms with E-state index in [4.69, 9.17) is 25.2 Å². The zero-order valence-electron chi connectivity index (χ0n) is 31.6. The van der Waals surface area contributed by atoms with Gasteiger partial charge < -0.3 is 51.7 Å². The molecule has 0 amide bonds. The van der Waals surface area contributed by atoms with Gasteiger partial charge in [-0.05, 0) is 65.8 Å². The van der Waals surface area contributed by atoms with Crippen LogP contribution in [0.1, 0.15) is 34.6 Å². The summed E-state index contributed by atoms with van der Waals surface area (Å²) in [5, 5.41) is 47.7. The first-order valence-electron chi connectivity index (χ1n) is 15.9. The van der Waals surface area contributed by atoms with Crippen molar-refractivity contribution in [3.63, 3.8) is 0 Å². The van der Waals surface area contributed by atoms with Crippen molar-refractivity contribution in [2.24, 2.45) is 23.7 Å². The molecule has 50 heavy (non-hydrogen) atoms. The van der Waals surface area contributed by atoms with Crippen LogP contribution in [0.15, 0.2) is 62.8 Å². The molecule has 0 aliphatic rings. The van der Waals surface area contributed by atoms with Gasteiger partial charge in [-0.15, -0.1) is 26.3 Å². The van der Waals surface area contributed by atoms with Crippen molar-refractivity contribution >= 4 is 29.8 Å². The first-order valence-corrected chi connectivity index (χ1v) is 15.9. The second-order valence-electron chi connectivity index (χ2n) is 10.6. The smallest absolute Gasteiger partial charge is 0.321 e. The van der Waals surface area contributed by atoms with Gasteiger partial charge in [0.25, 0.3) is 0 Å². The lowest BCUT2D eigenvalue weighted by Gasteiger charge is -2.14. The fraction of sp³-hybridized carbons (Fsp3) is 0.571. The maximum absolute atomic E-state index is 10.6. The van der Waals surface area contributed by atoms with Crippen LogP contribution < -0.4 is 26.6 Å². The molecule has 0 heterocycles. The molecule has 0 saturated heterocycles. The maximum Gasteiger partial charge on any atom is 0.321 e. The molecular formula is C35H65N5O10. The predicted molar refractivity (Wildman–Crippen MR) is 199 cm³/mol. The van der Waals surface area contributed by atoms with Crippen LogP contribution in [0.3, 0.4) is 0 Å². The Kier molecular flexibility index (Phi) is 39.9. The summed E-state index contributed by atoms with van der Waals surface area (Å²) in [6, 6.07) is -2.06. The lowest BCUT2D eigenvalue weighted by atomic mass is 10.0. The van der Waals surface area contributed by atoms with Crippen LogP contribution in [0.5, 0.6) is 0 Å². The minimum atomic E-state index is -0.838. The average molecular weight is 716 g/mol. The summed E-state index contributed by atoms with van der Waals surface area (Å²) in [7, 11) is 8.20. The molecule has 0 spiro atoms. The monoisotopic (exact) mass is 715 g/mol. The molecular weight excluding hydrogens is 650 g/mol. The van der Waals surface area contributed by atoms with E-state index in [1.54, 1.807) is 65.6 Å². The van der Waals surface area contributed by atoms with Crippen molar-refractivity contribution in [2.75, 3.05) is 48.4 Å². The SMILES string of the molecule is C/C=C\COC(=O)CNC.C=C[C@@H](C)[C@@H](NC)C(=O)O.C=C[C@@H](C)[C@H](NC)C(=O)O.C=C[C@H](C)[C@@H](NC)C(=O)O.C=C[C@H](C)[C@H](NC)C(=O)O. The van der Waals surface area contributed by atoms with E-state index < -0.39 is 48.0 Å². The summed E-state index contributed by atoms with van der Waals surface area (Å²) in [6.45, 7) is 23.8. The number of hydrogen-bond donors (Lipinski definition) is 9. The van der Waals surface area contributed by atoms with E-state index in [-0.39, 0.29) is 36.2 Å². The topological polar surface area (TPSA) is 236 Å². The Morgan fingerprint density at radius 1 is 0.560 bits per heavy atom. The summed E-state index contributed by atoms with van der Waals surface area (Å²) in [4.78, 5) is 52.3. The molecule has 0 fully saturated rings. The molecule has 0 aromatic rings. The molecule has 0 unspecified atom stereocenters. The number of carboxylic acid groups (broad SMARTS) is 4. The number of nitrogens with one attached hydrogen (secondary N) is 5. The van der Waals surface area contributed by atoms with Crippen LogP contribution in [-0.4, -0.2) is 123 Å². The first kappa shape index (κ1) is 55.3. The first-order chi connectivity index (χ1) is 23.3. The molecule has 0 aromatic heterocycles. The van der Waals surface area contributed by atoms with Crippen molar-refractivity contribution in [3.05, 3.63) is 62.8 Å².